The number of aliphatic hydroxyl groups is 1. The van der Waals surface area contributed by atoms with Crippen molar-refractivity contribution in [2.75, 3.05) is 13.1 Å². The van der Waals surface area contributed by atoms with E-state index in [-0.39, 0.29) is 5.82 Å². The first-order valence-electron chi connectivity index (χ1n) is 6.27. The Hall–Kier alpha value is -1.72. The minimum atomic E-state index is -0.690. The first-order valence-corrected chi connectivity index (χ1v) is 6.27. The zero-order valence-electron chi connectivity index (χ0n) is 10.9. The molecule has 2 rings (SSSR count). The largest absolute Gasteiger partial charge is 0.387 e. The molecule has 0 saturated carbocycles. The number of aromatic nitrogens is 2. The molecule has 1 aromatic carbocycles. The van der Waals surface area contributed by atoms with Crippen molar-refractivity contribution in [3.63, 3.8) is 0 Å². The van der Waals surface area contributed by atoms with Crippen LogP contribution in [0.15, 0.2) is 36.7 Å². The van der Waals surface area contributed by atoms with Crippen LogP contribution in [0.25, 0.3) is 0 Å². The summed E-state index contributed by atoms with van der Waals surface area (Å²) in [5, 5.41) is 17.1. The van der Waals surface area contributed by atoms with E-state index in [1.807, 2.05) is 19.4 Å². The molecular formula is C14H18FN3O. The van der Waals surface area contributed by atoms with E-state index in [1.54, 1.807) is 16.8 Å². The normalized spacial score (nSPS) is 12.6. The molecule has 1 heterocycles. The summed E-state index contributed by atoms with van der Waals surface area (Å²) >= 11 is 0. The van der Waals surface area contributed by atoms with Gasteiger partial charge in [0.05, 0.1) is 12.3 Å². The van der Waals surface area contributed by atoms with Gasteiger partial charge in [0.1, 0.15) is 5.82 Å². The standard InChI is InChI=1S/C14H18FN3O/c1-18-10-11(8-17-18)5-6-16-9-14(19)12-3-2-4-13(15)7-12/h2-4,7-8,10,14,16,19H,5-6,9H2,1H3. The summed E-state index contributed by atoms with van der Waals surface area (Å²) in [6.45, 7) is 1.15. The zero-order valence-corrected chi connectivity index (χ0v) is 10.9. The highest BCUT2D eigenvalue weighted by Crippen LogP contribution is 2.12. The molecule has 102 valence electrons. The highest BCUT2D eigenvalue weighted by Gasteiger charge is 2.07. The monoisotopic (exact) mass is 263 g/mol. The number of nitrogens with one attached hydrogen (secondary N) is 1. The zero-order chi connectivity index (χ0) is 13.7. The number of hydrogen-bond donors (Lipinski definition) is 2. The van der Waals surface area contributed by atoms with Gasteiger partial charge < -0.3 is 10.4 Å². The molecular weight excluding hydrogens is 245 g/mol. The van der Waals surface area contributed by atoms with E-state index in [4.69, 9.17) is 0 Å². The van der Waals surface area contributed by atoms with Gasteiger partial charge in [-0.1, -0.05) is 12.1 Å². The minimum Gasteiger partial charge on any atom is -0.387 e. The van der Waals surface area contributed by atoms with E-state index in [1.165, 1.54) is 12.1 Å². The second-order valence-electron chi connectivity index (χ2n) is 4.55. The fraction of sp³-hybridized carbons (Fsp3) is 0.357. The van der Waals surface area contributed by atoms with Crippen LogP contribution in [0.1, 0.15) is 17.2 Å². The topological polar surface area (TPSA) is 50.1 Å². The van der Waals surface area contributed by atoms with Crippen LogP contribution in [0.4, 0.5) is 4.39 Å². The fourth-order valence-electron chi connectivity index (χ4n) is 1.90. The van der Waals surface area contributed by atoms with Crippen LogP contribution >= 0.6 is 0 Å². The lowest BCUT2D eigenvalue weighted by molar-refractivity contribution is 0.174. The predicted octanol–water partition coefficient (Wildman–Crippen LogP) is 1.42. The molecule has 0 spiro atoms. The fourth-order valence-corrected chi connectivity index (χ4v) is 1.90. The van der Waals surface area contributed by atoms with Gasteiger partial charge in [0, 0.05) is 19.8 Å². The maximum atomic E-state index is 13.0. The van der Waals surface area contributed by atoms with Gasteiger partial charge in [0.25, 0.3) is 0 Å². The van der Waals surface area contributed by atoms with Crippen LogP contribution in [-0.2, 0) is 13.5 Å². The van der Waals surface area contributed by atoms with E-state index in [0.717, 1.165) is 18.5 Å². The summed E-state index contributed by atoms with van der Waals surface area (Å²) in [5.41, 5.74) is 1.74. The maximum Gasteiger partial charge on any atom is 0.123 e. The highest BCUT2D eigenvalue weighted by molar-refractivity contribution is 5.19. The molecule has 0 fully saturated rings. The van der Waals surface area contributed by atoms with Gasteiger partial charge in [-0.2, -0.15) is 5.10 Å². The molecule has 0 aliphatic heterocycles. The van der Waals surface area contributed by atoms with Crippen LogP contribution in [0, 0.1) is 5.82 Å². The molecule has 2 aromatic rings. The molecule has 2 N–H and O–H groups in total. The second-order valence-corrected chi connectivity index (χ2v) is 4.55. The third-order valence-electron chi connectivity index (χ3n) is 2.92. The minimum absolute atomic E-state index is 0.327. The first kappa shape index (κ1) is 13.7. The van der Waals surface area contributed by atoms with E-state index in [0.29, 0.717) is 12.1 Å². The molecule has 0 aliphatic carbocycles. The summed E-state index contributed by atoms with van der Waals surface area (Å²) in [4.78, 5) is 0. The van der Waals surface area contributed by atoms with Crippen LogP contribution in [0.5, 0.6) is 0 Å². The molecule has 1 atom stereocenters. The Labute approximate surface area is 111 Å². The van der Waals surface area contributed by atoms with E-state index in [9.17, 15) is 9.50 Å². The molecule has 0 saturated heterocycles. The Kier molecular flexibility index (Phi) is 4.65. The summed E-state index contributed by atoms with van der Waals surface area (Å²) in [6, 6.07) is 6.04. The number of rotatable bonds is 6. The molecule has 4 nitrogen and oxygen atoms in total. The van der Waals surface area contributed by atoms with Crippen LogP contribution in [0.3, 0.4) is 0 Å². The lowest BCUT2D eigenvalue weighted by Crippen LogP contribution is -2.23. The van der Waals surface area contributed by atoms with Crippen molar-refractivity contribution >= 4 is 0 Å². The average Bonchev–Trinajstić information content (AvgIpc) is 2.80. The van der Waals surface area contributed by atoms with Gasteiger partial charge in [-0.3, -0.25) is 4.68 Å². The average molecular weight is 263 g/mol. The third kappa shape index (κ3) is 4.15. The molecule has 0 amide bonds. The van der Waals surface area contributed by atoms with Crippen molar-refractivity contribution in [3.05, 3.63) is 53.6 Å². The molecule has 19 heavy (non-hydrogen) atoms. The van der Waals surface area contributed by atoms with Crippen molar-refractivity contribution in [2.45, 2.75) is 12.5 Å². The highest BCUT2D eigenvalue weighted by atomic mass is 19.1. The second kappa shape index (κ2) is 6.45. The molecule has 0 bridgehead atoms. The van der Waals surface area contributed by atoms with Crippen molar-refractivity contribution in [3.8, 4) is 0 Å². The maximum absolute atomic E-state index is 13.0. The summed E-state index contributed by atoms with van der Waals surface area (Å²) in [6.07, 6.45) is 3.95. The Morgan fingerprint density at radius 1 is 1.47 bits per heavy atom. The lowest BCUT2D eigenvalue weighted by atomic mass is 10.1. The molecule has 1 aromatic heterocycles. The van der Waals surface area contributed by atoms with Crippen LogP contribution in [-0.4, -0.2) is 28.0 Å². The Morgan fingerprint density at radius 2 is 2.32 bits per heavy atom. The summed E-state index contributed by atoms with van der Waals surface area (Å²) < 4.78 is 14.8. The predicted molar refractivity (Wildman–Crippen MR) is 71.1 cm³/mol. The number of halogens is 1. The van der Waals surface area contributed by atoms with Gasteiger partial charge in [-0.15, -0.1) is 0 Å². The van der Waals surface area contributed by atoms with E-state index in [2.05, 4.69) is 10.4 Å². The number of hydrogen-bond acceptors (Lipinski definition) is 3. The van der Waals surface area contributed by atoms with Gasteiger partial charge in [-0.05, 0) is 36.2 Å². The first-order chi connectivity index (χ1) is 9.15. The number of benzene rings is 1. The Morgan fingerprint density at radius 3 is 3.00 bits per heavy atom. The van der Waals surface area contributed by atoms with Crippen molar-refractivity contribution in [2.24, 2.45) is 7.05 Å². The molecule has 5 heteroatoms. The van der Waals surface area contributed by atoms with Crippen LogP contribution in [0.2, 0.25) is 0 Å². The molecule has 0 radical (unpaired) electrons. The van der Waals surface area contributed by atoms with Gasteiger partial charge in [0.2, 0.25) is 0 Å². The van der Waals surface area contributed by atoms with Crippen molar-refractivity contribution < 1.29 is 9.50 Å². The van der Waals surface area contributed by atoms with Gasteiger partial charge in [-0.25, -0.2) is 4.39 Å². The van der Waals surface area contributed by atoms with Gasteiger partial charge >= 0.3 is 0 Å². The molecule has 1 unspecified atom stereocenters. The number of aryl methyl sites for hydroxylation is 1. The van der Waals surface area contributed by atoms with Crippen molar-refractivity contribution in [1.29, 1.82) is 0 Å². The van der Waals surface area contributed by atoms with E-state index >= 15 is 0 Å². The van der Waals surface area contributed by atoms with E-state index < -0.39 is 6.10 Å². The van der Waals surface area contributed by atoms with Crippen molar-refractivity contribution in [1.82, 2.24) is 15.1 Å². The molecule has 0 aliphatic rings. The van der Waals surface area contributed by atoms with Gasteiger partial charge in [0.15, 0.2) is 0 Å². The number of aliphatic hydroxyl groups excluding tert-OH is 1. The summed E-state index contributed by atoms with van der Waals surface area (Å²) in [7, 11) is 1.88. The Bertz CT molecular complexity index is 527. The quantitative estimate of drug-likeness (QED) is 0.775. The SMILES string of the molecule is Cn1cc(CCNCC(O)c2cccc(F)c2)cn1. The lowest BCUT2D eigenvalue weighted by Gasteiger charge is -2.12. The van der Waals surface area contributed by atoms with Crippen LogP contribution < -0.4 is 5.32 Å². The summed E-state index contributed by atoms with van der Waals surface area (Å²) in [5.74, 6) is -0.327. The third-order valence-corrected chi connectivity index (χ3v) is 2.92. The smallest absolute Gasteiger partial charge is 0.123 e. The Balaban J connectivity index is 1.73. The number of nitrogens with zero attached hydrogens (tertiary/aromatic N) is 2.